The number of methoxy groups -OCH3 is 1. The maximum Gasteiger partial charge on any atom is 0.311 e. The quantitative estimate of drug-likeness (QED) is 0.841. The number of carbonyl (C=O) groups is 1. The molecule has 0 aliphatic heterocycles. The lowest BCUT2D eigenvalue weighted by Gasteiger charge is -2.49. The number of hydrogen-bond donors (Lipinski definition) is 1. The molecule has 0 radical (unpaired) electrons. The number of aromatic amines is 1. The maximum atomic E-state index is 12.0. The molecule has 3 aliphatic carbocycles. The number of esters is 1. The van der Waals surface area contributed by atoms with E-state index in [1.165, 1.54) is 12.8 Å². The number of rotatable bonds is 2. The minimum absolute atomic E-state index is 0.0109. The van der Waals surface area contributed by atoms with Gasteiger partial charge in [-0.3, -0.25) is 4.79 Å². The molecule has 3 saturated carbocycles. The Morgan fingerprint density at radius 1 is 1.20 bits per heavy atom. The molecule has 3 aliphatic rings. The molecule has 0 spiro atoms. The Morgan fingerprint density at radius 3 is 2.30 bits per heavy atom. The van der Waals surface area contributed by atoms with E-state index >= 15 is 0 Å². The molecule has 0 unspecified atom stereocenters. The van der Waals surface area contributed by atoms with Gasteiger partial charge >= 0.3 is 5.97 Å². The molecule has 3 fully saturated rings. The topological polar surface area (TPSA) is 66.5 Å². The zero-order valence-electron chi connectivity index (χ0n) is 12.3. The summed E-state index contributed by atoms with van der Waals surface area (Å²) in [5, 5.41) is 0. The number of nitrogens with two attached hydrogens (primary N) is 1. The van der Waals surface area contributed by atoms with Crippen molar-refractivity contribution in [3.8, 4) is 0 Å². The van der Waals surface area contributed by atoms with Gasteiger partial charge in [0.2, 0.25) is 0 Å². The minimum Gasteiger partial charge on any atom is -0.469 e. The van der Waals surface area contributed by atoms with Crippen LogP contribution in [0.4, 0.5) is 5.69 Å². The number of aromatic nitrogens is 1. The predicted molar refractivity (Wildman–Crippen MR) is 76.0 cm³/mol. The van der Waals surface area contributed by atoms with Crippen molar-refractivity contribution in [2.45, 2.75) is 50.9 Å². The van der Waals surface area contributed by atoms with Crippen LogP contribution in [0.15, 0.2) is 12.1 Å². The van der Waals surface area contributed by atoms with E-state index in [-0.39, 0.29) is 16.8 Å². The number of fused-ring (bicyclic) bond motifs is 3. The lowest BCUT2D eigenvalue weighted by molar-refractivity contribution is -0.409. The second-order valence-corrected chi connectivity index (χ2v) is 6.50. The van der Waals surface area contributed by atoms with E-state index in [2.05, 4.69) is 11.1 Å². The predicted octanol–water partition coefficient (Wildman–Crippen LogP) is 2.16. The van der Waals surface area contributed by atoms with Gasteiger partial charge in [-0.2, -0.15) is 0 Å². The van der Waals surface area contributed by atoms with Crippen molar-refractivity contribution in [3.05, 3.63) is 23.5 Å². The van der Waals surface area contributed by atoms with Crippen LogP contribution in [0.25, 0.3) is 0 Å². The maximum absolute atomic E-state index is 12.0. The molecule has 1 heterocycles. The monoisotopic (exact) mass is 275 g/mol. The third-order valence-corrected chi connectivity index (χ3v) is 5.62. The molecule has 2 bridgehead atoms. The average Bonchev–Trinajstić information content (AvgIpc) is 2.51. The Kier molecular flexibility index (Phi) is 3.00. The van der Waals surface area contributed by atoms with Crippen LogP contribution in [0.2, 0.25) is 0 Å². The van der Waals surface area contributed by atoms with E-state index < -0.39 is 0 Å². The number of nitrogen functional groups attached to an aromatic ring is 1. The number of pyridine rings is 1. The van der Waals surface area contributed by atoms with E-state index in [1.807, 2.05) is 13.0 Å². The molecule has 0 saturated heterocycles. The van der Waals surface area contributed by atoms with Crippen LogP contribution < -0.4 is 10.7 Å². The summed E-state index contributed by atoms with van der Waals surface area (Å²) < 4.78 is 5.02. The summed E-state index contributed by atoms with van der Waals surface area (Å²) in [4.78, 5) is 15.5. The summed E-state index contributed by atoms with van der Waals surface area (Å²) in [6.45, 7) is 2.01. The van der Waals surface area contributed by atoms with Crippen molar-refractivity contribution in [2.24, 2.45) is 5.41 Å². The fourth-order valence-electron chi connectivity index (χ4n) is 4.04. The van der Waals surface area contributed by atoms with Crippen LogP contribution in [-0.4, -0.2) is 13.1 Å². The van der Waals surface area contributed by atoms with E-state index in [0.29, 0.717) is 0 Å². The second-order valence-electron chi connectivity index (χ2n) is 6.50. The van der Waals surface area contributed by atoms with Crippen LogP contribution in [0.5, 0.6) is 0 Å². The molecule has 0 amide bonds. The lowest BCUT2D eigenvalue weighted by Crippen LogP contribution is -2.50. The summed E-state index contributed by atoms with van der Waals surface area (Å²) in [6.07, 6.45) is 6.00. The molecular weight excluding hydrogens is 252 g/mol. The molecule has 108 valence electrons. The molecule has 4 nitrogen and oxygen atoms in total. The zero-order chi connectivity index (χ0) is 14.4. The lowest BCUT2D eigenvalue weighted by atomic mass is 9.52. The van der Waals surface area contributed by atoms with Gasteiger partial charge in [0, 0.05) is 13.0 Å². The van der Waals surface area contributed by atoms with Gasteiger partial charge in [0.1, 0.15) is 0 Å². The Balaban J connectivity index is 1.88. The summed E-state index contributed by atoms with van der Waals surface area (Å²) >= 11 is 0. The third-order valence-electron chi connectivity index (χ3n) is 5.62. The number of carbonyl (C=O) groups excluding carboxylic acids is 1. The smallest absolute Gasteiger partial charge is 0.311 e. The van der Waals surface area contributed by atoms with Crippen molar-refractivity contribution in [2.75, 3.05) is 12.8 Å². The molecule has 4 rings (SSSR count). The fourth-order valence-corrected chi connectivity index (χ4v) is 4.04. The largest absolute Gasteiger partial charge is 0.469 e. The molecule has 0 aromatic carbocycles. The van der Waals surface area contributed by atoms with E-state index in [0.717, 1.165) is 49.9 Å². The summed E-state index contributed by atoms with van der Waals surface area (Å²) in [5.41, 5.74) is 9.01. The standard InChI is InChI=1S/C16H22N2O2/c1-11-12(17)3-4-13(18-11)15-5-8-16(9-6-15,10-7-15)14(19)20-2/h3-4H,5-10,17H2,1-2H3/p+1. The van der Waals surface area contributed by atoms with Gasteiger partial charge in [-0.1, -0.05) is 0 Å². The van der Waals surface area contributed by atoms with E-state index in [1.54, 1.807) is 0 Å². The number of ether oxygens (including phenoxy) is 1. The first kappa shape index (κ1) is 13.4. The van der Waals surface area contributed by atoms with Crippen molar-refractivity contribution < 1.29 is 14.5 Å². The van der Waals surface area contributed by atoms with Gasteiger partial charge in [0.05, 0.1) is 23.6 Å². The molecule has 1 aromatic rings. The Morgan fingerprint density at radius 2 is 1.80 bits per heavy atom. The van der Waals surface area contributed by atoms with Crippen LogP contribution in [0, 0.1) is 12.3 Å². The number of nitrogens with one attached hydrogen (secondary N) is 1. The highest BCUT2D eigenvalue weighted by Crippen LogP contribution is 2.57. The van der Waals surface area contributed by atoms with Gasteiger partial charge in [0.25, 0.3) is 0 Å². The van der Waals surface area contributed by atoms with Crippen molar-refractivity contribution in [1.82, 2.24) is 0 Å². The second kappa shape index (κ2) is 4.47. The number of H-pyrrole nitrogens is 1. The Labute approximate surface area is 119 Å². The van der Waals surface area contributed by atoms with Gasteiger partial charge < -0.3 is 10.5 Å². The van der Waals surface area contributed by atoms with Crippen LogP contribution in [0.1, 0.15) is 49.9 Å². The highest BCUT2D eigenvalue weighted by atomic mass is 16.5. The van der Waals surface area contributed by atoms with E-state index in [9.17, 15) is 4.79 Å². The molecule has 4 heteroatoms. The Bertz CT molecular complexity index is 529. The fraction of sp³-hybridized carbons (Fsp3) is 0.625. The minimum atomic E-state index is -0.209. The zero-order valence-corrected chi connectivity index (χ0v) is 12.3. The SMILES string of the molecule is COC(=O)C12CCC(c3ccc(N)c(C)[nH+]3)(CC1)CC2. The van der Waals surface area contributed by atoms with Crippen molar-refractivity contribution >= 4 is 11.7 Å². The summed E-state index contributed by atoms with van der Waals surface area (Å²) in [5.74, 6) is -0.0109. The van der Waals surface area contributed by atoms with Gasteiger partial charge in [0.15, 0.2) is 11.4 Å². The molecule has 3 N–H and O–H groups in total. The van der Waals surface area contributed by atoms with Crippen LogP contribution in [0.3, 0.4) is 0 Å². The molecule has 1 aromatic heterocycles. The van der Waals surface area contributed by atoms with Gasteiger partial charge in [-0.25, -0.2) is 4.98 Å². The van der Waals surface area contributed by atoms with Crippen molar-refractivity contribution in [3.63, 3.8) is 0 Å². The van der Waals surface area contributed by atoms with Gasteiger partial charge in [-0.15, -0.1) is 0 Å². The number of anilines is 1. The van der Waals surface area contributed by atoms with Gasteiger partial charge in [-0.05, 0) is 44.6 Å². The average molecular weight is 275 g/mol. The van der Waals surface area contributed by atoms with Crippen LogP contribution >= 0.6 is 0 Å². The van der Waals surface area contributed by atoms with E-state index in [4.69, 9.17) is 10.5 Å². The highest BCUT2D eigenvalue weighted by molar-refractivity contribution is 5.77. The third kappa shape index (κ3) is 1.81. The summed E-state index contributed by atoms with van der Waals surface area (Å²) in [6, 6.07) is 4.12. The molecule has 0 atom stereocenters. The molecular formula is C16H23N2O2+. The normalized spacial score (nSPS) is 32.1. The highest BCUT2D eigenvalue weighted by Gasteiger charge is 2.55. The first-order chi connectivity index (χ1) is 9.51. The first-order valence-corrected chi connectivity index (χ1v) is 7.39. The summed E-state index contributed by atoms with van der Waals surface area (Å²) in [7, 11) is 1.50. The van der Waals surface area contributed by atoms with Crippen molar-refractivity contribution in [1.29, 1.82) is 0 Å². The number of hydrogen-bond acceptors (Lipinski definition) is 3. The first-order valence-electron chi connectivity index (χ1n) is 7.39. The molecule has 20 heavy (non-hydrogen) atoms. The Hall–Kier alpha value is -1.58. The van der Waals surface area contributed by atoms with Crippen LogP contribution in [-0.2, 0) is 14.9 Å². The number of aryl methyl sites for hydroxylation is 1.